The van der Waals surface area contributed by atoms with Crippen LogP contribution in [-0.4, -0.2) is 39.5 Å². The predicted octanol–water partition coefficient (Wildman–Crippen LogP) is 4.74. The van der Waals surface area contributed by atoms with Crippen molar-refractivity contribution < 1.29 is 44.8 Å². The number of anilines is 2. The fourth-order valence-electron chi connectivity index (χ4n) is 3.46. The first-order valence-corrected chi connectivity index (χ1v) is 13.5. The summed E-state index contributed by atoms with van der Waals surface area (Å²) in [5.41, 5.74) is -1.80. The lowest BCUT2D eigenvalue weighted by Gasteiger charge is -2.12. The minimum Gasteiger partial charge on any atom is -0.352 e. The van der Waals surface area contributed by atoms with Crippen molar-refractivity contribution in [2.24, 2.45) is 0 Å². The highest BCUT2D eigenvalue weighted by Crippen LogP contribution is 2.33. The molecule has 16 heteroatoms. The summed E-state index contributed by atoms with van der Waals surface area (Å²) in [6.45, 7) is 1.73. The number of rotatable bonds is 9. The average molecular weight is 614 g/mol. The van der Waals surface area contributed by atoms with Crippen molar-refractivity contribution in [1.82, 2.24) is 15.4 Å². The van der Waals surface area contributed by atoms with Gasteiger partial charge >= 0.3 is 18.2 Å². The third-order valence-electron chi connectivity index (χ3n) is 5.46. The summed E-state index contributed by atoms with van der Waals surface area (Å²) < 4.78 is 92.8. The molecule has 0 saturated carbocycles. The average Bonchev–Trinajstić information content (AvgIpc) is 2.89. The number of urea groups is 2. The van der Waals surface area contributed by atoms with E-state index >= 15 is 0 Å². The number of halogens is 5. The highest BCUT2D eigenvalue weighted by molar-refractivity contribution is 7.90. The van der Waals surface area contributed by atoms with Crippen LogP contribution in [0.25, 0.3) is 0 Å². The quantitative estimate of drug-likeness (QED) is 0.175. The van der Waals surface area contributed by atoms with Crippen LogP contribution in [0.2, 0.25) is 0 Å². The zero-order valence-electron chi connectivity index (χ0n) is 21.7. The van der Waals surface area contributed by atoms with Crippen LogP contribution in [0.5, 0.6) is 0 Å². The molecule has 5 N–H and O–H groups in total. The normalized spacial score (nSPS) is 11.4. The molecule has 0 bridgehead atoms. The van der Waals surface area contributed by atoms with E-state index in [9.17, 15) is 44.8 Å². The minimum absolute atomic E-state index is 0.000298. The van der Waals surface area contributed by atoms with Gasteiger partial charge in [0.2, 0.25) is 0 Å². The summed E-state index contributed by atoms with van der Waals surface area (Å²) in [5, 5.41) is 8.93. The van der Waals surface area contributed by atoms with E-state index in [1.54, 1.807) is 13.0 Å². The van der Waals surface area contributed by atoms with Crippen molar-refractivity contribution in [3.8, 4) is 0 Å². The maximum absolute atomic E-state index is 14.5. The first-order chi connectivity index (χ1) is 19.7. The molecule has 5 amide bonds. The Kier molecular flexibility index (Phi) is 10.1. The number of carbonyl (C=O) groups excluding carboxylic acids is 3. The Hall–Kier alpha value is -4.73. The van der Waals surface area contributed by atoms with Crippen LogP contribution in [-0.2, 0) is 16.2 Å². The van der Waals surface area contributed by atoms with E-state index in [0.717, 1.165) is 18.2 Å². The van der Waals surface area contributed by atoms with Gasteiger partial charge in [-0.3, -0.25) is 4.79 Å². The van der Waals surface area contributed by atoms with E-state index in [1.165, 1.54) is 24.3 Å². The maximum atomic E-state index is 14.5. The van der Waals surface area contributed by atoms with E-state index < -0.39 is 62.7 Å². The van der Waals surface area contributed by atoms with Crippen LogP contribution in [0.4, 0.5) is 42.9 Å². The number of amides is 5. The van der Waals surface area contributed by atoms with Crippen LogP contribution in [0.1, 0.15) is 27.9 Å². The number of hydrogen-bond acceptors (Lipinski definition) is 5. The van der Waals surface area contributed by atoms with Gasteiger partial charge in [0.15, 0.2) is 0 Å². The Morgan fingerprint density at radius 2 is 1.52 bits per heavy atom. The number of benzene rings is 3. The van der Waals surface area contributed by atoms with Crippen molar-refractivity contribution in [3.63, 3.8) is 0 Å². The molecule has 0 radical (unpaired) electrons. The summed E-state index contributed by atoms with van der Waals surface area (Å²) in [7, 11) is -4.07. The van der Waals surface area contributed by atoms with E-state index in [4.69, 9.17) is 0 Å². The standard InChI is InChI=1S/C26H24F5N5O5S/c1-15-4-2-5-18(12-15)42(40,41)36-24(38)33-11-3-10-32-23(37)16-6-9-22(21(28)13-16)35-25(39)34-17-7-8-20(27)19(14-17)26(29,30)31/h2,4-9,12-14H,3,10-11H2,1H3,(H,32,37)(H2,33,36,38)(H2,34,35,39). The molecule has 0 aliphatic carbocycles. The van der Waals surface area contributed by atoms with Crippen molar-refractivity contribution in [2.45, 2.75) is 24.4 Å². The van der Waals surface area contributed by atoms with Crippen molar-refractivity contribution in [1.29, 1.82) is 0 Å². The van der Waals surface area contributed by atoms with Gasteiger partial charge in [0.05, 0.1) is 16.1 Å². The first-order valence-electron chi connectivity index (χ1n) is 12.1. The van der Waals surface area contributed by atoms with Crippen LogP contribution in [0, 0.1) is 18.6 Å². The summed E-state index contributed by atoms with van der Waals surface area (Å²) in [5.74, 6) is -3.25. The lowest BCUT2D eigenvalue weighted by molar-refractivity contribution is -0.139. The molecule has 10 nitrogen and oxygen atoms in total. The smallest absolute Gasteiger partial charge is 0.352 e. The lowest BCUT2D eigenvalue weighted by Crippen LogP contribution is -2.40. The largest absolute Gasteiger partial charge is 0.419 e. The summed E-state index contributed by atoms with van der Waals surface area (Å²) in [6.07, 6.45) is -4.79. The molecule has 0 spiro atoms. The van der Waals surface area contributed by atoms with Gasteiger partial charge in [0, 0.05) is 24.3 Å². The molecule has 3 aromatic rings. The van der Waals surface area contributed by atoms with Gasteiger partial charge in [-0.15, -0.1) is 0 Å². The van der Waals surface area contributed by atoms with Crippen LogP contribution >= 0.6 is 0 Å². The lowest BCUT2D eigenvalue weighted by atomic mass is 10.1. The number of sulfonamides is 1. The van der Waals surface area contributed by atoms with Crippen LogP contribution < -0.4 is 26.0 Å². The van der Waals surface area contributed by atoms with E-state index in [-0.39, 0.29) is 30.0 Å². The molecule has 3 rings (SSSR count). The van der Waals surface area contributed by atoms with Gasteiger partial charge < -0.3 is 21.3 Å². The van der Waals surface area contributed by atoms with Crippen LogP contribution in [0.15, 0.2) is 65.6 Å². The Labute approximate surface area is 236 Å². The second-order valence-electron chi connectivity index (χ2n) is 8.75. The molecular weight excluding hydrogens is 589 g/mol. The predicted molar refractivity (Wildman–Crippen MR) is 142 cm³/mol. The Balaban J connectivity index is 1.44. The molecule has 0 saturated heterocycles. The van der Waals surface area contributed by atoms with E-state index in [1.807, 2.05) is 10.0 Å². The zero-order chi connectivity index (χ0) is 31.1. The number of hydrogen-bond donors (Lipinski definition) is 5. The van der Waals surface area contributed by atoms with E-state index in [0.29, 0.717) is 17.7 Å². The highest BCUT2D eigenvalue weighted by Gasteiger charge is 2.34. The molecule has 0 unspecified atom stereocenters. The Morgan fingerprint density at radius 3 is 2.19 bits per heavy atom. The Morgan fingerprint density at radius 1 is 0.810 bits per heavy atom. The van der Waals surface area contributed by atoms with Crippen molar-refractivity contribution >= 4 is 39.4 Å². The fourth-order valence-corrected chi connectivity index (χ4v) is 4.49. The zero-order valence-corrected chi connectivity index (χ0v) is 22.6. The number of carbonyl (C=O) groups is 3. The van der Waals surface area contributed by atoms with Gasteiger partial charge in [0.25, 0.3) is 15.9 Å². The molecule has 3 aromatic carbocycles. The molecule has 0 atom stereocenters. The molecule has 224 valence electrons. The van der Waals surface area contributed by atoms with Crippen molar-refractivity contribution in [2.75, 3.05) is 23.7 Å². The minimum atomic E-state index is -4.99. The van der Waals surface area contributed by atoms with Gasteiger partial charge in [-0.2, -0.15) is 13.2 Å². The highest BCUT2D eigenvalue weighted by atomic mass is 32.2. The monoisotopic (exact) mass is 613 g/mol. The first kappa shape index (κ1) is 31.8. The molecule has 0 aliphatic heterocycles. The second-order valence-corrected chi connectivity index (χ2v) is 10.4. The Bertz CT molecular complexity index is 1600. The molecule has 0 aliphatic rings. The summed E-state index contributed by atoms with van der Waals surface area (Å²) >= 11 is 0. The van der Waals surface area contributed by atoms with Gasteiger partial charge in [0.1, 0.15) is 11.6 Å². The third-order valence-corrected chi connectivity index (χ3v) is 6.79. The number of nitrogens with one attached hydrogen (secondary N) is 5. The summed E-state index contributed by atoms with van der Waals surface area (Å²) in [6, 6.07) is 8.73. The van der Waals surface area contributed by atoms with Crippen LogP contribution in [0.3, 0.4) is 0 Å². The molecule has 42 heavy (non-hydrogen) atoms. The van der Waals surface area contributed by atoms with Gasteiger partial charge in [-0.05, 0) is 67.4 Å². The van der Waals surface area contributed by atoms with Gasteiger partial charge in [-0.25, -0.2) is 31.5 Å². The second kappa shape index (κ2) is 13.3. The molecule has 0 fully saturated rings. The van der Waals surface area contributed by atoms with Gasteiger partial charge in [-0.1, -0.05) is 12.1 Å². The topological polar surface area (TPSA) is 146 Å². The molecule has 0 heterocycles. The maximum Gasteiger partial charge on any atom is 0.419 e. The van der Waals surface area contributed by atoms with E-state index in [2.05, 4.69) is 16.0 Å². The molecular formula is C26H24F5N5O5S. The molecule has 0 aromatic heterocycles. The number of aryl methyl sites for hydroxylation is 1. The van der Waals surface area contributed by atoms with Crippen molar-refractivity contribution in [3.05, 3.63) is 89.0 Å². The fraction of sp³-hybridized carbons (Fsp3) is 0.192. The third kappa shape index (κ3) is 8.89. The summed E-state index contributed by atoms with van der Waals surface area (Å²) in [4.78, 5) is 36.3. The SMILES string of the molecule is Cc1cccc(S(=O)(=O)NC(=O)NCCCNC(=O)c2ccc(NC(=O)Nc3ccc(F)c(C(F)(F)F)c3)c(F)c2)c1. The number of alkyl halides is 3.